The van der Waals surface area contributed by atoms with Crippen LogP contribution in [0.15, 0.2) is 24.3 Å². The molecule has 1 N–H and O–H groups in total. The molecule has 0 radical (unpaired) electrons. The largest absolute Gasteiger partial charge is 0.343 e. The van der Waals surface area contributed by atoms with Crippen molar-refractivity contribution in [1.29, 1.82) is 0 Å². The van der Waals surface area contributed by atoms with Gasteiger partial charge in [0.15, 0.2) is 0 Å². The SMILES string of the molecule is Cc1c(-c2cccc(F)c2)[nH]c(C(C)C)nc1=S. The highest BCUT2D eigenvalue weighted by molar-refractivity contribution is 7.71. The average molecular weight is 262 g/mol. The van der Waals surface area contributed by atoms with Gasteiger partial charge in [-0.2, -0.15) is 0 Å². The predicted octanol–water partition coefficient (Wildman–Crippen LogP) is 4.38. The van der Waals surface area contributed by atoms with E-state index in [1.165, 1.54) is 12.1 Å². The molecule has 0 unspecified atom stereocenters. The first kappa shape index (κ1) is 12.9. The van der Waals surface area contributed by atoms with Gasteiger partial charge in [-0.1, -0.05) is 38.2 Å². The van der Waals surface area contributed by atoms with Gasteiger partial charge in [0, 0.05) is 17.0 Å². The predicted molar refractivity (Wildman–Crippen MR) is 73.6 cm³/mol. The van der Waals surface area contributed by atoms with Crippen molar-refractivity contribution < 1.29 is 4.39 Å². The molecule has 0 bridgehead atoms. The summed E-state index contributed by atoms with van der Waals surface area (Å²) in [5.41, 5.74) is 2.51. The van der Waals surface area contributed by atoms with Crippen molar-refractivity contribution >= 4 is 12.2 Å². The molecule has 18 heavy (non-hydrogen) atoms. The number of hydrogen-bond acceptors (Lipinski definition) is 2. The number of rotatable bonds is 2. The van der Waals surface area contributed by atoms with Gasteiger partial charge < -0.3 is 4.98 Å². The molecule has 2 nitrogen and oxygen atoms in total. The van der Waals surface area contributed by atoms with E-state index in [4.69, 9.17) is 12.2 Å². The van der Waals surface area contributed by atoms with Gasteiger partial charge in [0.1, 0.15) is 16.3 Å². The van der Waals surface area contributed by atoms with Gasteiger partial charge in [0.25, 0.3) is 0 Å². The molecular formula is C14H15FN2S. The molecule has 0 aliphatic carbocycles. The lowest BCUT2D eigenvalue weighted by Crippen LogP contribution is -2.02. The lowest BCUT2D eigenvalue weighted by Gasteiger charge is -2.11. The number of hydrogen-bond donors (Lipinski definition) is 1. The van der Waals surface area contributed by atoms with Crippen LogP contribution in [-0.4, -0.2) is 9.97 Å². The molecule has 1 heterocycles. The molecule has 0 amide bonds. The number of aromatic amines is 1. The molecule has 2 rings (SSSR count). The van der Waals surface area contributed by atoms with E-state index in [1.807, 2.05) is 26.8 Å². The first-order valence-electron chi connectivity index (χ1n) is 5.86. The van der Waals surface area contributed by atoms with Gasteiger partial charge in [0.2, 0.25) is 0 Å². The van der Waals surface area contributed by atoms with Crippen molar-refractivity contribution in [2.45, 2.75) is 26.7 Å². The normalized spacial score (nSPS) is 10.9. The summed E-state index contributed by atoms with van der Waals surface area (Å²) in [6.07, 6.45) is 0. The van der Waals surface area contributed by atoms with Crippen LogP contribution in [0.3, 0.4) is 0 Å². The monoisotopic (exact) mass is 262 g/mol. The minimum absolute atomic E-state index is 0.250. The van der Waals surface area contributed by atoms with E-state index in [1.54, 1.807) is 6.07 Å². The standard InChI is InChI=1S/C14H15FN2S/c1-8(2)13-16-12(9(3)14(18)17-13)10-5-4-6-11(15)7-10/h4-8H,1-3H3,(H,16,17,18). The van der Waals surface area contributed by atoms with Crippen LogP contribution < -0.4 is 0 Å². The van der Waals surface area contributed by atoms with Crippen LogP contribution in [-0.2, 0) is 0 Å². The number of nitrogens with zero attached hydrogens (tertiary/aromatic N) is 1. The summed E-state index contributed by atoms with van der Waals surface area (Å²) in [5, 5.41) is 0. The third-order valence-corrected chi connectivity index (χ3v) is 3.23. The van der Waals surface area contributed by atoms with Crippen LogP contribution in [0.5, 0.6) is 0 Å². The molecule has 4 heteroatoms. The average Bonchev–Trinajstić information content (AvgIpc) is 2.32. The van der Waals surface area contributed by atoms with E-state index in [9.17, 15) is 4.39 Å². The van der Waals surface area contributed by atoms with Crippen molar-refractivity contribution in [2.75, 3.05) is 0 Å². The minimum Gasteiger partial charge on any atom is -0.343 e. The van der Waals surface area contributed by atoms with E-state index < -0.39 is 0 Å². The molecule has 94 valence electrons. The Morgan fingerprint density at radius 1 is 1.33 bits per heavy atom. The molecule has 0 saturated carbocycles. The molecule has 2 aromatic rings. The fourth-order valence-electron chi connectivity index (χ4n) is 1.76. The molecule has 0 atom stereocenters. The highest BCUT2D eigenvalue weighted by atomic mass is 32.1. The summed E-state index contributed by atoms with van der Waals surface area (Å²) >= 11 is 5.26. The third kappa shape index (κ3) is 2.48. The summed E-state index contributed by atoms with van der Waals surface area (Å²) in [6, 6.07) is 6.48. The maximum absolute atomic E-state index is 13.3. The highest BCUT2D eigenvalue weighted by Crippen LogP contribution is 2.24. The van der Waals surface area contributed by atoms with Crippen molar-refractivity contribution in [3.63, 3.8) is 0 Å². The van der Waals surface area contributed by atoms with E-state index in [-0.39, 0.29) is 11.7 Å². The number of H-pyrrole nitrogens is 1. The molecular weight excluding hydrogens is 247 g/mol. The quantitative estimate of drug-likeness (QED) is 0.814. The lowest BCUT2D eigenvalue weighted by atomic mass is 10.1. The summed E-state index contributed by atoms with van der Waals surface area (Å²) in [5.74, 6) is 0.818. The molecule has 1 aromatic heterocycles. The molecule has 1 aromatic carbocycles. The van der Waals surface area contributed by atoms with Gasteiger partial charge >= 0.3 is 0 Å². The second-order valence-corrected chi connectivity index (χ2v) is 4.98. The van der Waals surface area contributed by atoms with E-state index >= 15 is 0 Å². The van der Waals surface area contributed by atoms with Crippen molar-refractivity contribution in [2.24, 2.45) is 0 Å². The maximum atomic E-state index is 13.3. The molecule has 0 aliphatic heterocycles. The molecule has 0 spiro atoms. The Morgan fingerprint density at radius 3 is 2.67 bits per heavy atom. The molecule has 0 saturated heterocycles. The van der Waals surface area contributed by atoms with E-state index in [2.05, 4.69) is 9.97 Å². The zero-order valence-corrected chi connectivity index (χ0v) is 11.4. The lowest BCUT2D eigenvalue weighted by molar-refractivity contribution is 0.628. The van der Waals surface area contributed by atoms with Crippen LogP contribution >= 0.6 is 12.2 Å². The maximum Gasteiger partial charge on any atom is 0.133 e. The first-order valence-corrected chi connectivity index (χ1v) is 6.26. The third-order valence-electron chi connectivity index (χ3n) is 2.83. The topological polar surface area (TPSA) is 28.7 Å². The Bertz CT molecular complexity index is 632. The van der Waals surface area contributed by atoms with Crippen LogP contribution in [0, 0.1) is 17.4 Å². The van der Waals surface area contributed by atoms with Gasteiger partial charge in [-0.3, -0.25) is 0 Å². The fourth-order valence-corrected chi connectivity index (χ4v) is 1.96. The summed E-state index contributed by atoms with van der Waals surface area (Å²) < 4.78 is 13.9. The van der Waals surface area contributed by atoms with Crippen molar-refractivity contribution in [3.8, 4) is 11.3 Å². The molecule has 0 aliphatic rings. The van der Waals surface area contributed by atoms with Gasteiger partial charge in [-0.25, -0.2) is 9.37 Å². The van der Waals surface area contributed by atoms with Gasteiger partial charge in [-0.05, 0) is 19.1 Å². The van der Waals surface area contributed by atoms with Crippen LogP contribution in [0.1, 0.15) is 31.2 Å². The Balaban J connectivity index is 2.67. The van der Waals surface area contributed by atoms with Crippen molar-refractivity contribution in [3.05, 3.63) is 46.1 Å². The Hall–Kier alpha value is -1.55. The van der Waals surface area contributed by atoms with Crippen LogP contribution in [0.25, 0.3) is 11.3 Å². The number of halogens is 1. The summed E-state index contributed by atoms with van der Waals surface area (Å²) in [7, 11) is 0. The number of benzene rings is 1. The zero-order valence-electron chi connectivity index (χ0n) is 10.6. The second kappa shape index (κ2) is 4.98. The zero-order chi connectivity index (χ0) is 13.3. The fraction of sp³-hybridized carbons (Fsp3) is 0.286. The number of nitrogens with one attached hydrogen (secondary N) is 1. The minimum atomic E-state index is -0.255. The highest BCUT2D eigenvalue weighted by Gasteiger charge is 2.10. The van der Waals surface area contributed by atoms with E-state index in [0.29, 0.717) is 4.64 Å². The van der Waals surface area contributed by atoms with Crippen LogP contribution in [0.4, 0.5) is 4.39 Å². The number of aromatic nitrogens is 2. The Morgan fingerprint density at radius 2 is 2.06 bits per heavy atom. The van der Waals surface area contributed by atoms with Crippen molar-refractivity contribution in [1.82, 2.24) is 9.97 Å². The van der Waals surface area contributed by atoms with Crippen LogP contribution in [0.2, 0.25) is 0 Å². The van der Waals surface area contributed by atoms with E-state index in [0.717, 1.165) is 22.6 Å². The Labute approximate surface area is 111 Å². The van der Waals surface area contributed by atoms with Gasteiger partial charge in [0.05, 0.1) is 5.69 Å². The first-order chi connectivity index (χ1) is 8.49. The second-order valence-electron chi connectivity index (χ2n) is 4.59. The summed E-state index contributed by atoms with van der Waals surface area (Å²) in [4.78, 5) is 7.60. The van der Waals surface area contributed by atoms with Gasteiger partial charge in [-0.15, -0.1) is 0 Å². The smallest absolute Gasteiger partial charge is 0.133 e. The Kier molecular flexibility index (Phi) is 3.57. The molecule has 0 fully saturated rings. The summed E-state index contributed by atoms with van der Waals surface area (Å²) in [6.45, 7) is 5.98.